The van der Waals surface area contributed by atoms with Gasteiger partial charge in [0.2, 0.25) is 0 Å². The first-order valence-electron chi connectivity index (χ1n) is 8.32. The number of hydrogen-bond acceptors (Lipinski definition) is 3. The van der Waals surface area contributed by atoms with E-state index in [1.165, 1.54) is 6.07 Å². The van der Waals surface area contributed by atoms with Crippen LogP contribution in [0.5, 0.6) is 0 Å². The Morgan fingerprint density at radius 3 is 2.31 bits per heavy atom. The summed E-state index contributed by atoms with van der Waals surface area (Å²) in [6, 6.07) is 16.5. The Bertz CT molecular complexity index is 1180. The van der Waals surface area contributed by atoms with E-state index in [2.05, 4.69) is 41.9 Å². The molecule has 0 spiro atoms. The number of carbonyl (C=O) groups is 1. The molecule has 0 unspecified atom stereocenters. The van der Waals surface area contributed by atoms with Crippen molar-refractivity contribution in [1.82, 2.24) is 0 Å². The SMILES string of the molecule is Cc1c(Cl)cccc1S(=O)(=O)Nc1c(Br)cccc1C(=O)Nc1ccc(Br)cc1. The van der Waals surface area contributed by atoms with Crippen LogP contribution >= 0.6 is 43.5 Å². The summed E-state index contributed by atoms with van der Waals surface area (Å²) in [5, 5.41) is 3.10. The van der Waals surface area contributed by atoms with E-state index >= 15 is 0 Å². The highest BCUT2D eigenvalue weighted by atomic mass is 79.9. The van der Waals surface area contributed by atoms with Gasteiger partial charge in [0.25, 0.3) is 15.9 Å². The normalized spacial score (nSPS) is 11.2. The van der Waals surface area contributed by atoms with Crippen molar-refractivity contribution in [2.75, 3.05) is 10.0 Å². The Balaban J connectivity index is 1.97. The summed E-state index contributed by atoms with van der Waals surface area (Å²) < 4.78 is 29.8. The fraction of sp³-hybridized carbons (Fsp3) is 0.0500. The molecule has 0 aliphatic carbocycles. The molecular formula is C20H15Br2ClN2O3S. The summed E-state index contributed by atoms with van der Waals surface area (Å²) in [5.41, 5.74) is 1.32. The number of rotatable bonds is 5. The van der Waals surface area contributed by atoms with Gasteiger partial charge in [-0.1, -0.05) is 39.7 Å². The van der Waals surface area contributed by atoms with Crippen LogP contribution in [0.25, 0.3) is 0 Å². The molecule has 0 atom stereocenters. The van der Waals surface area contributed by atoms with Crippen molar-refractivity contribution < 1.29 is 13.2 Å². The highest BCUT2D eigenvalue weighted by Crippen LogP contribution is 2.31. The molecule has 0 aromatic heterocycles. The van der Waals surface area contributed by atoms with Gasteiger partial charge in [-0.15, -0.1) is 0 Å². The molecule has 29 heavy (non-hydrogen) atoms. The van der Waals surface area contributed by atoms with Gasteiger partial charge in [0.05, 0.1) is 16.1 Å². The fourth-order valence-corrected chi connectivity index (χ4v) is 5.08. The van der Waals surface area contributed by atoms with Gasteiger partial charge in [-0.25, -0.2) is 8.42 Å². The third-order valence-corrected chi connectivity index (χ3v) is 7.20. The first-order valence-corrected chi connectivity index (χ1v) is 11.8. The molecule has 0 aliphatic rings. The predicted octanol–water partition coefficient (Wildman–Crippen LogP) is 6.23. The fourth-order valence-electron chi connectivity index (χ4n) is 2.62. The highest BCUT2D eigenvalue weighted by Gasteiger charge is 2.23. The first kappa shape index (κ1) is 21.8. The summed E-state index contributed by atoms with van der Waals surface area (Å²) >= 11 is 12.7. The van der Waals surface area contributed by atoms with Crippen LogP contribution in [0.15, 0.2) is 74.5 Å². The van der Waals surface area contributed by atoms with Crippen LogP contribution in [0.3, 0.4) is 0 Å². The maximum absolute atomic E-state index is 13.0. The summed E-state index contributed by atoms with van der Waals surface area (Å²) in [5.74, 6) is -0.450. The zero-order valence-corrected chi connectivity index (χ0v) is 19.8. The topological polar surface area (TPSA) is 75.3 Å². The van der Waals surface area contributed by atoms with Crippen molar-refractivity contribution in [3.8, 4) is 0 Å². The van der Waals surface area contributed by atoms with E-state index < -0.39 is 15.9 Å². The van der Waals surface area contributed by atoms with Crippen LogP contribution < -0.4 is 10.0 Å². The lowest BCUT2D eigenvalue weighted by Gasteiger charge is -2.16. The van der Waals surface area contributed by atoms with E-state index in [9.17, 15) is 13.2 Å². The third kappa shape index (κ3) is 5.01. The quantitative estimate of drug-likeness (QED) is 0.390. The molecule has 3 aromatic rings. The van der Waals surface area contributed by atoms with Crippen LogP contribution in [0.2, 0.25) is 5.02 Å². The number of anilines is 2. The Labute approximate surface area is 190 Å². The molecule has 1 amide bonds. The van der Waals surface area contributed by atoms with E-state index in [1.807, 2.05) is 0 Å². The van der Waals surface area contributed by atoms with Crippen molar-refractivity contribution in [2.45, 2.75) is 11.8 Å². The van der Waals surface area contributed by atoms with Crippen LogP contribution in [0.1, 0.15) is 15.9 Å². The van der Waals surface area contributed by atoms with Crippen LogP contribution in [0, 0.1) is 6.92 Å². The zero-order chi connectivity index (χ0) is 21.2. The van der Waals surface area contributed by atoms with Crippen LogP contribution in [0.4, 0.5) is 11.4 Å². The van der Waals surface area contributed by atoms with Crippen molar-refractivity contribution >= 4 is 70.8 Å². The Hall–Kier alpha value is -1.87. The van der Waals surface area contributed by atoms with E-state index in [-0.39, 0.29) is 16.1 Å². The second-order valence-electron chi connectivity index (χ2n) is 6.09. The first-order chi connectivity index (χ1) is 13.7. The molecule has 0 saturated carbocycles. The molecule has 0 fully saturated rings. The van der Waals surface area contributed by atoms with E-state index in [4.69, 9.17) is 11.6 Å². The van der Waals surface area contributed by atoms with Gasteiger partial charge >= 0.3 is 0 Å². The molecule has 9 heteroatoms. The molecule has 0 saturated heterocycles. The highest BCUT2D eigenvalue weighted by molar-refractivity contribution is 9.10. The van der Waals surface area contributed by atoms with E-state index in [0.717, 1.165) is 4.47 Å². The number of benzene rings is 3. The van der Waals surface area contributed by atoms with Crippen LogP contribution in [-0.4, -0.2) is 14.3 Å². The number of sulfonamides is 1. The Kier molecular flexibility index (Phi) is 6.68. The lowest BCUT2D eigenvalue weighted by atomic mass is 10.1. The van der Waals surface area contributed by atoms with E-state index in [0.29, 0.717) is 20.7 Å². The minimum atomic E-state index is -3.97. The molecule has 0 heterocycles. The van der Waals surface area contributed by atoms with Gasteiger partial charge in [-0.3, -0.25) is 9.52 Å². The second-order valence-corrected chi connectivity index (χ2v) is 9.92. The van der Waals surface area contributed by atoms with Gasteiger partial charge in [0.1, 0.15) is 0 Å². The minimum absolute atomic E-state index is 0.0417. The number of amides is 1. The van der Waals surface area contributed by atoms with Crippen LogP contribution in [-0.2, 0) is 10.0 Å². The predicted molar refractivity (Wildman–Crippen MR) is 123 cm³/mol. The second kappa shape index (κ2) is 8.87. The Morgan fingerprint density at radius 1 is 0.966 bits per heavy atom. The average Bonchev–Trinajstić information content (AvgIpc) is 2.67. The maximum Gasteiger partial charge on any atom is 0.262 e. The molecule has 5 nitrogen and oxygen atoms in total. The van der Waals surface area contributed by atoms with Gasteiger partial charge in [-0.2, -0.15) is 0 Å². The monoisotopic (exact) mass is 556 g/mol. The number of nitrogens with one attached hydrogen (secondary N) is 2. The van der Waals surface area contributed by atoms with Crippen molar-refractivity contribution in [3.63, 3.8) is 0 Å². The van der Waals surface area contributed by atoms with Crippen molar-refractivity contribution in [2.24, 2.45) is 0 Å². The minimum Gasteiger partial charge on any atom is -0.322 e. The average molecular weight is 559 g/mol. The number of halogens is 3. The molecule has 150 valence electrons. The summed E-state index contributed by atoms with van der Waals surface area (Å²) in [6.07, 6.45) is 0. The molecular weight excluding hydrogens is 544 g/mol. The number of hydrogen-bond donors (Lipinski definition) is 2. The molecule has 0 radical (unpaired) electrons. The van der Waals surface area contributed by atoms with Gasteiger partial charge in [0.15, 0.2) is 0 Å². The molecule has 2 N–H and O–H groups in total. The molecule has 3 rings (SSSR count). The molecule has 0 aliphatic heterocycles. The lowest BCUT2D eigenvalue weighted by Crippen LogP contribution is -2.19. The van der Waals surface area contributed by atoms with Crippen molar-refractivity contribution in [3.05, 3.63) is 85.8 Å². The van der Waals surface area contributed by atoms with Crippen molar-refractivity contribution in [1.29, 1.82) is 0 Å². The lowest BCUT2D eigenvalue weighted by molar-refractivity contribution is 0.102. The summed E-state index contributed by atoms with van der Waals surface area (Å²) in [6.45, 7) is 1.62. The van der Waals surface area contributed by atoms with E-state index in [1.54, 1.807) is 61.5 Å². The van der Waals surface area contributed by atoms with Gasteiger partial charge < -0.3 is 5.32 Å². The Morgan fingerprint density at radius 2 is 1.62 bits per heavy atom. The third-order valence-electron chi connectivity index (χ3n) is 4.10. The van der Waals surface area contributed by atoms with Gasteiger partial charge in [0, 0.05) is 19.7 Å². The smallest absolute Gasteiger partial charge is 0.262 e. The maximum atomic E-state index is 13.0. The number of para-hydroxylation sites is 1. The summed E-state index contributed by atoms with van der Waals surface area (Å²) in [7, 11) is -3.97. The van der Waals surface area contributed by atoms with Gasteiger partial charge in [-0.05, 0) is 76.9 Å². The molecule has 3 aromatic carbocycles. The number of carbonyl (C=O) groups excluding carboxylic acids is 1. The largest absolute Gasteiger partial charge is 0.322 e. The molecule has 0 bridgehead atoms. The zero-order valence-electron chi connectivity index (χ0n) is 15.0. The summed E-state index contributed by atoms with van der Waals surface area (Å²) in [4.78, 5) is 12.9. The standard InChI is InChI=1S/C20H15Br2ClN2O3S/c1-12-17(23)6-3-7-18(12)29(27,28)25-19-15(4-2-5-16(19)22)20(26)24-14-10-8-13(21)9-11-14/h2-11,25H,1H3,(H,24,26).